The van der Waals surface area contributed by atoms with Gasteiger partial charge in [-0.25, -0.2) is 0 Å². The van der Waals surface area contributed by atoms with Crippen LogP contribution in [0.3, 0.4) is 0 Å². The zero-order valence-corrected chi connectivity index (χ0v) is 29.6. The molecular weight excluding hydrogens is 540 g/mol. The van der Waals surface area contributed by atoms with Crippen molar-refractivity contribution in [3.05, 3.63) is 0 Å². The highest BCUT2D eigenvalue weighted by atomic mass is 16.5. The molecule has 0 aliphatic heterocycles. The molecule has 0 aromatic rings. The van der Waals surface area contributed by atoms with Crippen molar-refractivity contribution in [2.24, 2.45) is 23.7 Å². The van der Waals surface area contributed by atoms with Crippen LogP contribution in [0.4, 0.5) is 0 Å². The summed E-state index contributed by atoms with van der Waals surface area (Å²) in [7, 11) is 3.86. The monoisotopic (exact) mass is 613 g/mol. The van der Waals surface area contributed by atoms with Crippen LogP contribution in [0.1, 0.15) is 168 Å². The van der Waals surface area contributed by atoms with Crippen molar-refractivity contribution in [3.8, 4) is 0 Å². The van der Waals surface area contributed by atoms with E-state index in [-0.39, 0.29) is 0 Å². The molecule has 0 radical (unpaired) electrons. The Kier molecular flexibility index (Phi) is 12.5. The normalized spacial score (nSPS) is 44.6. The Morgan fingerprint density at radius 1 is 0.364 bits per heavy atom. The van der Waals surface area contributed by atoms with Gasteiger partial charge in [0.2, 0.25) is 0 Å². The summed E-state index contributed by atoms with van der Waals surface area (Å²) in [4.78, 5) is 6.33. The number of methoxy groups -OCH3 is 2. The maximum Gasteiger partial charge on any atom is 0.0572 e. The minimum absolute atomic E-state index is 0.516. The summed E-state index contributed by atoms with van der Waals surface area (Å²) in [6.07, 6.45) is 35.3. The molecule has 0 aromatic heterocycles. The second-order valence-corrected chi connectivity index (χ2v) is 17.2. The van der Waals surface area contributed by atoms with Crippen LogP contribution in [-0.2, 0) is 9.47 Å². The zero-order valence-electron chi connectivity index (χ0n) is 29.6. The van der Waals surface area contributed by atoms with Gasteiger partial charge in [-0.2, -0.15) is 0 Å². The lowest BCUT2D eigenvalue weighted by molar-refractivity contribution is -0.0300. The van der Waals surface area contributed by atoms with Gasteiger partial charge in [0.15, 0.2) is 0 Å². The summed E-state index contributed by atoms with van der Waals surface area (Å²) in [6.45, 7) is 5.06. The van der Waals surface area contributed by atoms with E-state index in [4.69, 9.17) is 9.47 Å². The Morgan fingerprint density at radius 2 is 0.682 bits per heavy atom. The van der Waals surface area contributed by atoms with Crippen LogP contribution in [-0.4, -0.2) is 72.5 Å². The van der Waals surface area contributed by atoms with E-state index in [0.29, 0.717) is 12.2 Å². The molecule has 6 aliphatic rings. The van der Waals surface area contributed by atoms with Crippen LogP contribution in [0.5, 0.6) is 0 Å². The number of nitrogens with zero attached hydrogens (tertiary/aromatic N) is 2. The van der Waals surface area contributed by atoms with Gasteiger partial charge in [0.25, 0.3) is 0 Å². The molecule has 0 amide bonds. The van der Waals surface area contributed by atoms with Crippen molar-refractivity contribution in [2.75, 3.05) is 14.2 Å². The van der Waals surface area contributed by atoms with Gasteiger partial charge in [-0.1, -0.05) is 39.5 Å². The van der Waals surface area contributed by atoms with Gasteiger partial charge in [-0.3, -0.25) is 9.80 Å². The fraction of sp³-hybridized carbons (Fsp3) is 1.00. The van der Waals surface area contributed by atoms with Crippen molar-refractivity contribution in [1.82, 2.24) is 9.80 Å². The first-order valence-electron chi connectivity index (χ1n) is 20.1. The third-order valence-electron chi connectivity index (χ3n) is 14.5. The van der Waals surface area contributed by atoms with Crippen LogP contribution >= 0.6 is 0 Å². The van der Waals surface area contributed by atoms with E-state index in [1.54, 1.807) is 0 Å². The number of rotatable bonds is 9. The molecule has 0 bridgehead atoms. The first kappa shape index (κ1) is 33.7. The molecule has 0 saturated heterocycles. The van der Waals surface area contributed by atoms with Crippen molar-refractivity contribution < 1.29 is 9.47 Å². The highest BCUT2D eigenvalue weighted by Gasteiger charge is 2.42. The zero-order chi connectivity index (χ0) is 30.5. The molecule has 0 aromatic carbocycles. The smallest absolute Gasteiger partial charge is 0.0572 e. The van der Waals surface area contributed by atoms with Crippen LogP contribution in [0, 0.1) is 23.7 Å². The van der Waals surface area contributed by atoms with E-state index in [9.17, 15) is 0 Å². The molecule has 4 atom stereocenters. The third-order valence-corrected chi connectivity index (χ3v) is 14.5. The molecule has 6 rings (SSSR count). The van der Waals surface area contributed by atoms with Crippen molar-refractivity contribution >= 4 is 0 Å². The molecule has 0 heterocycles. The number of ether oxygens (including phenoxy) is 2. The number of hydrogen-bond donors (Lipinski definition) is 0. The molecule has 0 spiro atoms. The van der Waals surface area contributed by atoms with E-state index in [1.165, 1.54) is 154 Å². The van der Waals surface area contributed by atoms with E-state index in [2.05, 4.69) is 23.6 Å². The molecule has 4 unspecified atom stereocenters. The predicted octanol–water partition coefficient (Wildman–Crippen LogP) is 9.78. The van der Waals surface area contributed by atoms with Gasteiger partial charge in [0, 0.05) is 50.5 Å². The van der Waals surface area contributed by atoms with Crippen molar-refractivity contribution in [3.63, 3.8) is 0 Å². The topological polar surface area (TPSA) is 24.9 Å². The van der Waals surface area contributed by atoms with Crippen LogP contribution in [0.15, 0.2) is 0 Å². The average molecular weight is 613 g/mol. The highest BCUT2D eigenvalue weighted by Crippen LogP contribution is 2.45. The van der Waals surface area contributed by atoms with E-state index >= 15 is 0 Å². The lowest BCUT2D eigenvalue weighted by Crippen LogP contribution is -2.54. The fourth-order valence-corrected chi connectivity index (χ4v) is 12.0. The predicted molar refractivity (Wildman–Crippen MR) is 184 cm³/mol. The maximum atomic E-state index is 5.79. The van der Waals surface area contributed by atoms with E-state index in [0.717, 1.165) is 59.9 Å². The summed E-state index contributed by atoms with van der Waals surface area (Å²) in [5.74, 6) is 3.85. The van der Waals surface area contributed by atoms with Gasteiger partial charge in [-0.15, -0.1) is 0 Å². The minimum atomic E-state index is 0.516. The van der Waals surface area contributed by atoms with Gasteiger partial charge in [-0.05, 0) is 152 Å². The quantitative estimate of drug-likeness (QED) is 0.259. The SMILES string of the molecule is COC1CCC(N(C2CCC(C3CCC(N(C4CCC(OC)CC4)C4CCCC(C)C4)CC3)CC2)C2CCCC(C)C2)CC1. The Labute approximate surface area is 273 Å². The lowest BCUT2D eigenvalue weighted by atomic mass is 9.70. The first-order chi connectivity index (χ1) is 21.5. The summed E-state index contributed by atoms with van der Waals surface area (Å²) in [5, 5.41) is 0. The van der Waals surface area contributed by atoms with E-state index < -0.39 is 0 Å². The molecule has 6 aliphatic carbocycles. The Hall–Kier alpha value is -0.160. The molecule has 44 heavy (non-hydrogen) atoms. The summed E-state index contributed by atoms with van der Waals surface area (Å²) in [5.41, 5.74) is 0. The maximum absolute atomic E-state index is 5.79. The molecular formula is C40H72N2O2. The van der Waals surface area contributed by atoms with E-state index in [1.807, 2.05) is 14.2 Å². The molecule has 254 valence electrons. The second-order valence-electron chi connectivity index (χ2n) is 17.2. The molecule has 4 heteroatoms. The van der Waals surface area contributed by atoms with Crippen LogP contribution in [0.2, 0.25) is 0 Å². The van der Waals surface area contributed by atoms with Gasteiger partial charge in [0.05, 0.1) is 12.2 Å². The van der Waals surface area contributed by atoms with Gasteiger partial charge < -0.3 is 9.47 Å². The Morgan fingerprint density at radius 3 is 0.977 bits per heavy atom. The molecule has 4 nitrogen and oxygen atoms in total. The standard InChI is InChI=1S/C40H72N2O2/c1-29-7-5-9-37(27-29)41(35-19-23-39(43-3)24-20-35)33-15-11-31(12-16-33)32-13-17-34(18-14-32)42(38-10-6-8-30(2)28-38)36-21-25-40(44-4)26-22-36/h29-40H,5-28H2,1-4H3. The molecule has 6 saturated carbocycles. The Bertz CT molecular complexity index is 751. The summed E-state index contributed by atoms with van der Waals surface area (Å²) >= 11 is 0. The van der Waals surface area contributed by atoms with Crippen LogP contribution in [0.25, 0.3) is 0 Å². The highest BCUT2D eigenvalue weighted by molar-refractivity contribution is 4.96. The minimum Gasteiger partial charge on any atom is -0.381 e. The largest absolute Gasteiger partial charge is 0.381 e. The lowest BCUT2D eigenvalue weighted by Gasteiger charge is -2.51. The third kappa shape index (κ3) is 8.27. The number of hydrogen-bond acceptors (Lipinski definition) is 4. The fourth-order valence-electron chi connectivity index (χ4n) is 12.0. The molecule has 0 N–H and O–H groups in total. The summed E-state index contributed by atoms with van der Waals surface area (Å²) < 4.78 is 11.6. The van der Waals surface area contributed by atoms with Crippen molar-refractivity contribution in [2.45, 2.75) is 216 Å². The van der Waals surface area contributed by atoms with Gasteiger partial charge in [0.1, 0.15) is 0 Å². The first-order valence-corrected chi connectivity index (χ1v) is 20.1. The van der Waals surface area contributed by atoms with Crippen molar-refractivity contribution in [1.29, 1.82) is 0 Å². The van der Waals surface area contributed by atoms with Crippen LogP contribution < -0.4 is 0 Å². The second kappa shape index (κ2) is 16.3. The average Bonchev–Trinajstić information content (AvgIpc) is 3.06. The molecule has 6 fully saturated rings. The summed E-state index contributed by atoms with van der Waals surface area (Å²) in [6, 6.07) is 5.06. The van der Waals surface area contributed by atoms with Gasteiger partial charge >= 0.3 is 0 Å². The Balaban J connectivity index is 1.04.